The Balaban J connectivity index is 1.62. The number of nitrogens with zero attached hydrogens (tertiary/aromatic N) is 1. The summed E-state index contributed by atoms with van der Waals surface area (Å²) in [5.74, 6) is -0.0987. The van der Waals surface area contributed by atoms with Crippen LogP contribution in [0.2, 0.25) is 0 Å². The fourth-order valence-electron chi connectivity index (χ4n) is 3.24. The number of hydroxylamine groups is 1. The number of hydrogen-bond acceptors (Lipinski definition) is 4. The van der Waals surface area contributed by atoms with E-state index in [2.05, 4.69) is 11.5 Å². The molecule has 0 bridgehead atoms. The van der Waals surface area contributed by atoms with Crippen molar-refractivity contribution in [1.82, 2.24) is 9.79 Å². The van der Waals surface area contributed by atoms with Crippen molar-refractivity contribution >= 4 is 10.0 Å². The van der Waals surface area contributed by atoms with Gasteiger partial charge in [-0.1, -0.05) is 54.6 Å². The van der Waals surface area contributed by atoms with Crippen molar-refractivity contribution in [3.05, 3.63) is 71.3 Å². The molecule has 2 aromatic carbocycles. The van der Waals surface area contributed by atoms with Gasteiger partial charge in [-0.2, -0.15) is 4.31 Å². The normalized spacial score (nSPS) is 16.4. The largest absolute Gasteiger partial charge is 0.317 e. The highest BCUT2D eigenvalue weighted by Crippen LogP contribution is 2.21. The third-order valence-electron chi connectivity index (χ3n) is 4.71. The lowest BCUT2D eigenvalue weighted by Crippen LogP contribution is -2.43. The molecular formula is C19H24N2O3S. The molecule has 1 aliphatic heterocycles. The zero-order valence-corrected chi connectivity index (χ0v) is 15.0. The number of benzene rings is 2. The van der Waals surface area contributed by atoms with Crippen LogP contribution in [-0.4, -0.2) is 36.3 Å². The number of sulfonamides is 1. The van der Waals surface area contributed by atoms with Crippen LogP contribution in [0, 0.1) is 0 Å². The molecular weight excluding hydrogens is 336 g/mol. The number of nitrogens with one attached hydrogen (secondary N) is 1. The first-order chi connectivity index (χ1) is 12.1. The summed E-state index contributed by atoms with van der Waals surface area (Å²) in [7, 11) is -3.43. The monoisotopic (exact) mass is 360 g/mol. The second kappa shape index (κ2) is 8.10. The van der Waals surface area contributed by atoms with Crippen molar-refractivity contribution < 1.29 is 13.6 Å². The molecule has 1 unspecified atom stereocenters. The van der Waals surface area contributed by atoms with Crippen LogP contribution in [0.25, 0.3) is 0 Å². The molecule has 0 saturated carbocycles. The van der Waals surface area contributed by atoms with Crippen molar-refractivity contribution in [3.63, 3.8) is 0 Å². The molecule has 1 aliphatic rings. The summed E-state index contributed by atoms with van der Waals surface area (Å²) >= 11 is 0. The fourth-order valence-corrected chi connectivity index (χ4v) is 4.90. The quantitative estimate of drug-likeness (QED) is 0.744. The summed E-state index contributed by atoms with van der Waals surface area (Å²) in [4.78, 5) is 0. The average molecular weight is 360 g/mol. The minimum absolute atomic E-state index is 0.0987. The maximum atomic E-state index is 12.8. The zero-order valence-electron chi connectivity index (χ0n) is 14.1. The van der Waals surface area contributed by atoms with E-state index in [1.165, 1.54) is 9.87 Å². The van der Waals surface area contributed by atoms with Gasteiger partial charge in [-0.3, -0.25) is 0 Å². The number of rotatable bonds is 7. The maximum Gasteiger partial charge on any atom is 0.216 e. The molecule has 2 aromatic rings. The molecule has 1 atom stereocenters. The van der Waals surface area contributed by atoms with Gasteiger partial charge in [0.2, 0.25) is 10.0 Å². The van der Waals surface area contributed by atoms with Gasteiger partial charge in [0.1, 0.15) is 0 Å². The summed E-state index contributed by atoms with van der Waals surface area (Å²) in [6.07, 6.45) is 2.01. The predicted molar refractivity (Wildman–Crippen MR) is 97.8 cm³/mol. The van der Waals surface area contributed by atoms with Gasteiger partial charge >= 0.3 is 0 Å². The van der Waals surface area contributed by atoms with Crippen molar-refractivity contribution in [3.8, 4) is 0 Å². The van der Waals surface area contributed by atoms with E-state index in [1.807, 2.05) is 48.5 Å². The standard InChI is InChI=1S/C19H24N2O3S/c22-20-19(11-10-16-6-2-1-3-7-16)15-25(23,24)21-13-12-17-8-4-5-9-18(17)14-21/h1-9,19-20,22H,10-15H2. The lowest BCUT2D eigenvalue weighted by molar-refractivity contribution is 0.129. The molecule has 5 nitrogen and oxygen atoms in total. The van der Waals surface area contributed by atoms with Crippen LogP contribution in [0.3, 0.4) is 0 Å². The SMILES string of the molecule is O=S(=O)(CC(CCc1ccccc1)NO)N1CCc2ccccc2C1. The van der Waals surface area contributed by atoms with Gasteiger partial charge in [0, 0.05) is 19.1 Å². The van der Waals surface area contributed by atoms with Gasteiger partial charge in [0.25, 0.3) is 0 Å². The number of hydrogen-bond donors (Lipinski definition) is 2. The summed E-state index contributed by atoms with van der Waals surface area (Å²) in [5, 5.41) is 9.39. The number of fused-ring (bicyclic) bond motifs is 1. The molecule has 134 valence electrons. The van der Waals surface area contributed by atoms with E-state index >= 15 is 0 Å². The van der Waals surface area contributed by atoms with Gasteiger partial charge in [0.15, 0.2) is 0 Å². The molecule has 0 spiro atoms. The molecule has 1 heterocycles. The zero-order chi connectivity index (χ0) is 17.7. The van der Waals surface area contributed by atoms with E-state index in [9.17, 15) is 13.6 Å². The smallest absolute Gasteiger partial charge is 0.216 e. The van der Waals surface area contributed by atoms with E-state index < -0.39 is 16.1 Å². The van der Waals surface area contributed by atoms with Gasteiger partial charge in [-0.05, 0) is 36.0 Å². The first-order valence-corrected chi connectivity index (χ1v) is 10.2. The van der Waals surface area contributed by atoms with E-state index in [0.29, 0.717) is 19.5 Å². The van der Waals surface area contributed by atoms with E-state index in [0.717, 1.165) is 24.0 Å². The topological polar surface area (TPSA) is 69.6 Å². The Morgan fingerprint density at radius 3 is 2.44 bits per heavy atom. The average Bonchev–Trinajstić information content (AvgIpc) is 2.65. The van der Waals surface area contributed by atoms with Crippen LogP contribution < -0.4 is 5.48 Å². The van der Waals surface area contributed by atoms with Crippen LogP contribution in [0.15, 0.2) is 54.6 Å². The van der Waals surface area contributed by atoms with Crippen LogP contribution >= 0.6 is 0 Å². The molecule has 25 heavy (non-hydrogen) atoms. The molecule has 0 aromatic heterocycles. The second-order valence-electron chi connectivity index (χ2n) is 6.48. The van der Waals surface area contributed by atoms with Gasteiger partial charge in [0.05, 0.1) is 5.75 Å². The highest BCUT2D eigenvalue weighted by molar-refractivity contribution is 7.89. The van der Waals surface area contributed by atoms with Crippen LogP contribution in [-0.2, 0) is 29.4 Å². The summed E-state index contributed by atoms with van der Waals surface area (Å²) < 4.78 is 27.0. The highest BCUT2D eigenvalue weighted by Gasteiger charge is 2.29. The van der Waals surface area contributed by atoms with Crippen LogP contribution in [0.1, 0.15) is 23.1 Å². The van der Waals surface area contributed by atoms with Gasteiger partial charge in [-0.25, -0.2) is 13.9 Å². The van der Waals surface area contributed by atoms with Crippen molar-refractivity contribution in [1.29, 1.82) is 0 Å². The third kappa shape index (κ3) is 4.67. The lowest BCUT2D eigenvalue weighted by atomic mass is 10.0. The maximum absolute atomic E-state index is 12.8. The first-order valence-electron chi connectivity index (χ1n) is 8.56. The van der Waals surface area contributed by atoms with Crippen molar-refractivity contribution in [2.24, 2.45) is 0 Å². The first kappa shape index (κ1) is 18.1. The second-order valence-corrected chi connectivity index (χ2v) is 8.49. The minimum atomic E-state index is -3.43. The molecule has 0 saturated heterocycles. The van der Waals surface area contributed by atoms with E-state index in [-0.39, 0.29) is 5.75 Å². The van der Waals surface area contributed by atoms with Crippen molar-refractivity contribution in [2.45, 2.75) is 31.8 Å². The highest BCUT2D eigenvalue weighted by atomic mass is 32.2. The molecule has 0 fully saturated rings. The fraction of sp³-hybridized carbons (Fsp3) is 0.368. The summed E-state index contributed by atoms with van der Waals surface area (Å²) in [5.41, 5.74) is 5.59. The molecule has 3 rings (SSSR count). The molecule has 6 heteroatoms. The van der Waals surface area contributed by atoms with Crippen molar-refractivity contribution in [2.75, 3.05) is 12.3 Å². The summed E-state index contributed by atoms with van der Waals surface area (Å²) in [6.45, 7) is 0.908. The molecule has 0 aliphatic carbocycles. The van der Waals surface area contributed by atoms with Crippen LogP contribution in [0.5, 0.6) is 0 Å². The Hall–Kier alpha value is -1.73. The molecule has 2 N–H and O–H groups in total. The van der Waals surface area contributed by atoms with E-state index in [1.54, 1.807) is 0 Å². The van der Waals surface area contributed by atoms with E-state index in [4.69, 9.17) is 0 Å². The summed E-state index contributed by atoms with van der Waals surface area (Å²) in [6, 6.07) is 17.3. The molecule has 0 radical (unpaired) electrons. The minimum Gasteiger partial charge on any atom is -0.317 e. The van der Waals surface area contributed by atoms with Gasteiger partial charge < -0.3 is 5.21 Å². The Labute approximate surface area is 149 Å². The third-order valence-corrected chi connectivity index (χ3v) is 6.63. The Morgan fingerprint density at radius 1 is 1.04 bits per heavy atom. The van der Waals surface area contributed by atoms with Crippen LogP contribution in [0.4, 0.5) is 0 Å². The van der Waals surface area contributed by atoms with Gasteiger partial charge in [-0.15, -0.1) is 0 Å². The predicted octanol–water partition coefficient (Wildman–Crippen LogP) is 2.35. The Kier molecular flexibility index (Phi) is 5.86. The Bertz CT molecular complexity index is 793. The molecule has 0 amide bonds. The lowest BCUT2D eigenvalue weighted by Gasteiger charge is -2.29. The number of aryl methyl sites for hydroxylation is 1. The Morgan fingerprint density at radius 2 is 1.72 bits per heavy atom.